The summed E-state index contributed by atoms with van der Waals surface area (Å²) in [4.78, 5) is 48.2. The molecule has 2 N–H and O–H groups in total. The Kier molecular flexibility index (Phi) is 14.3. The number of nitrogens with one attached hydrogen (secondary N) is 2. The Hall–Kier alpha value is -5.05. The van der Waals surface area contributed by atoms with Crippen molar-refractivity contribution in [3.8, 4) is 28.3 Å². The minimum absolute atomic E-state index is 0.0177. The Morgan fingerprint density at radius 2 is 1.38 bits per heavy atom. The van der Waals surface area contributed by atoms with Gasteiger partial charge in [-0.25, -0.2) is 9.97 Å². The second-order valence-electron chi connectivity index (χ2n) is 15.9. The third-order valence-corrected chi connectivity index (χ3v) is 8.62. The minimum Gasteiger partial charge on any atom is -0.494 e. The van der Waals surface area contributed by atoms with Crippen molar-refractivity contribution >= 4 is 17.8 Å². The summed E-state index contributed by atoms with van der Waals surface area (Å²) in [5.74, 6) is 0.985. The van der Waals surface area contributed by atoms with E-state index in [0.29, 0.717) is 23.9 Å². The van der Waals surface area contributed by atoms with Crippen LogP contribution in [0, 0.1) is 5.92 Å². The number of carbonyl (C=O) groups is 3. The van der Waals surface area contributed by atoms with Gasteiger partial charge in [0.25, 0.3) is 5.91 Å². The normalized spacial score (nSPS) is 12.2. The molecule has 1 unspecified atom stereocenters. The quantitative estimate of drug-likeness (QED) is 0.0880. The van der Waals surface area contributed by atoms with E-state index in [4.69, 9.17) is 9.47 Å². The van der Waals surface area contributed by atoms with E-state index >= 15 is 0 Å². The van der Waals surface area contributed by atoms with Crippen LogP contribution in [0.3, 0.4) is 0 Å². The number of ether oxygens (including phenoxy) is 2. The molecule has 282 valence electrons. The first-order valence-corrected chi connectivity index (χ1v) is 18.6. The molecule has 4 aromatic rings. The Morgan fingerprint density at radius 1 is 0.755 bits per heavy atom. The van der Waals surface area contributed by atoms with Gasteiger partial charge in [0.2, 0.25) is 5.91 Å². The number of amides is 2. The first-order valence-electron chi connectivity index (χ1n) is 18.6. The summed E-state index contributed by atoms with van der Waals surface area (Å²) in [7, 11) is 0. The summed E-state index contributed by atoms with van der Waals surface area (Å²) in [5, 5.41) is 5.71. The van der Waals surface area contributed by atoms with Gasteiger partial charge in [-0.3, -0.25) is 14.4 Å². The van der Waals surface area contributed by atoms with Gasteiger partial charge in [-0.15, -0.1) is 0 Å². The van der Waals surface area contributed by atoms with Crippen molar-refractivity contribution in [2.45, 2.75) is 105 Å². The molecule has 53 heavy (non-hydrogen) atoms. The van der Waals surface area contributed by atoms with Crippen LogP contribution < -0.4 is 15.4 Å². The van der Waals surface area contributed by atoms with Gasteiger partial charge >= 0.3 is 5.97 Å². The molecular weight excluding hydrogens is 665 g/mol. The van der Waals surface area contributed by atoms with Crippen molar-refractivity contribution in [2.75, 3.05) is 13.2 Å². The van der Waals surface area contributed by atoms with E-state index in [1.165, 1.54) is 12.8 Å². The van der Waals surface area contributed by atoms with Gasteiger partial charge in [-0.1, -0.05) is 89.6 Å². The summed E-state index contributed by atoms with van der Waals surface area (Å²) < 4.78 is 11.3. The number of carbonyl (C=O) groups excluding carboxylic acids is 3. The Morgan fingerprint density at radius 3 is 1.96 bits per heavy atom. The predicted molar refractivity (Wildman–Crippen MR) is 211 cm³/mol. The van der Waals surface area contributed by atoms with Crippen LogP contribution in [0.1, 0.15) is 103 Å². The highest BCUT2D eigenvalue weighted by Crippen LogP contribution is 2.25. The maximum Gasteiger partial charge on any atom is 0.308 e. The summed E-state index contributed by atoms with van der Waals surface area (Å²) in [6, 6.07) is 22.1. The van der Waals surface area contributed by atoms with E-state index < -0.39 is 23.5 Å². The van der Waals surface area contributed by atoms with Crippen LogP contribution in [0.25, 0.3) is 22.5 Å². The smallest absolute Gasteiger partial charge is 0.308 e. The molecule has 4 rings (SSSR count). The molecule has 0 aliphatic heterocycles. The average Bonchev–Trinajstić information content (AvgIpc) is 3.10. The standard InChI is InChI=1S/C44H56N4O5/c1-30(2)11-9-10-26-52-37-22-18-32(19-23-37)35-28-46-40(47-29-35)33-14-12-31(13-15-33)27-38(42(51)45-25-24-39(49)53-44(6,7)8)48-41(50)34-16-20-36(21-17-34)43(3,4)5/h12-23,28-30,38H,9-11,24-27H2,1-8H3,(H,45,51)(H,48,50). The van der Waals surface area contributed by atoms with Crippen molar-refractivity contribution in [1.82, 2.24) is 20.6 Å². The second-order valence-corrected chi connectivity index (χ2v) is 15.9. The van der Waals surface area contributed by atoms with E-state index in [-0.39, 0.29) is 30.7 Å². The van der Waals surface area contributed by atoms with E-state index in [0.717, 1.165) is 40.0 Å². The summed E-state index contributed by atoms with van der Waals surface area (Å²) in [6.07, 6.45) is 7.30. The fourth-order valence-electron chi connectivity index (χ4n) is 5.62. The molecule has 0 bridgehead atoms. The van der Waals surface area contributed by atoms with Crippen molar-refractivity contribution in [3.63, 3.8) is 0 Å². The second kappa shape index (κ2) is 18.6. The Labute approximate surface area is 315 Å². The van der Waals surface area contributed by atoms with Crippen molar-refractivity contribution in [1.29, 1.82) is 0 Å². The molecule has 9 heteroatoms. The van der Waals surface area contributed by atoms with Gasteiger partial charge in [0, 0.05) is 42.0 Å². The monoisotopic (exact) mass is 720 g/mol. The molecule has 0 saturated heterocycles. The number of aromatic nitrogens is 2. The molecule has 0 spiro atoms. The lowest BCUT2D eigenvalue weighted by Crippen LogP contribution is -2.48. The maximum atomic E-state index is 13.4. The average molecular weight is 721 g/mol. The topological polar surface area (TPSA) is 120 Å². The first-order chi connectivity index (χ1) is 25.1. The van der Waals surface area contributed by atoms with Gasteiger partial charge in [0.15, 0.2) is 5.82 Å². The zero-order valence-electron chi connectivity index (χ0n) is 32.6. The highest BCUT2D eigenvalue weighted by atomic mass is 16.6. The van der Waals surface area contributed by atoms with Crippen LogP contribution in [0.15, 0.2) is 85.2 Å². The molecule has 0 saturated carbocycles. The summed E-state index contributed by atoms with van der Waals surface area (Å²) >= 11 is 0. The third-order valence-electron chi connectivity index (χ3n) is 8.62. The van der Waals surface area contributed by atoms with E-state index in [1.54, 1.807) is 45.3 Å². The number of esters is 1. The van der Waals surface area contributed by atoms with Gasteiger partial charge in [-0.05, 0) is 85.9 Å². The van der Waals surface area contributed by atoms with Crippen LogP contribution in [0.2, 0.25) is 0 Å². The summed E-state index contributed by atoms with van der Waals surface area (Å²) in [6.45, 7) is 17.0. The lowest BCUT2D eigenvalue weighted by atomic mass is 9.86. The lowest BCUT2D eigenvalue weighted by Gasteiger charge is -2.21. The van der Waals surface area contributed by atoms with Crippen LogP contribution in [-0.4, -0.2) is 52.5 Å². The maximum absolute atomic E-state index is 13.4. The van der Waals surface area contributed by atoms with Gasteiger partial charge < -0.3 is 20.1 Å². The Balaban J connectivity index is 1.40. The van der Waals surface area contributed by atoms with Gasteiger partial charge in [-0.2, -0.15) is 0 Å². The number of hydrogen-bond acceptors (Lipinski definition) is 7. The van der Waals surface area contributed by atoms with E-state index in [1.807, 2.05) is 60.7 Å². The molecule has 0 aliphatic carbocycles. The van der Waals surface area contributed by atoms with Crippen molar-refractivity contribution in [2.24, 2.45) is 5.92 Å². The molecule has 3 aromatic carbocycles. The minimum atomic E-state index is -0.883. The first kappa shape index (κ1) is 40.7. The van der Waals surface area contributed by atoms with Crippen molar-refractivity contribution < 1.29 is 23.9 Å². The fourth-order valence-corrected chi connectivity index (χ4v) is 5.62. The largest absolute Gasteiger partial charge is 0.494 e. The van der Waals surface area contributed by atoms with Crippen LogP contribution in [0.5, 0.6) is 5.75 Å². The van der Waals surface area contributed by atoms with Crippen LogP contribution in [0.4, 0.5) is 0 Å². The van der Waals surface area contributed by atoms with Gasteiger partial charge in [0.1, 0.15) is 17.4 Å². The number of rotatable bonds is 16. The molecule has 1 heterocycles. The SMILES string of the molecule is CC(C)CCCCOc1ccc(-c2cnc(-c3ccc(CC(NC(=O)c4ccc(C(C)(C)C)cc4)C(=O)NCCC(=O)OC(C)(C)C)cc3)nc2)cc1. The van der Waals surface area contributed by atoms with Crippen molar-refractivity contribution in [3.05, 3.63) is 102 Å². The zero-order chi connectivity index (χ0) is 38.6. The number of hydrogen-bond donors (Lipinski definition) is 2. The highest BCUT2D eigenvalue weighted by Gasteiger charge is 2.24. The molecule has 0 aliphatic rings. The number of benzene rings is 3. The third kappa shape index (κ3) is 13.5. The van der Waals surface area contributed by atoms with Crippen LogP contribution in [-0.2, 0) is 26.2 Å². The Bertz CT molecular complexity index is 1770. The number of unbranched alkanes of at least 4 members (excludes halogenated alkanes) is 1. The molecule has 0 fully saturated rings. The molecule has 1 atom stereocenters. The van der Waals surface area contributed by atoms with E-state index in [9.17, 15) is 14.4 Å². The molecular formula is C44H56N4O5. The molecule has 2 amide bonds. The van der Waals surface area contributed by atoms with Crippen LogP contribution >= 0.6 is 0 Å². The molecule has 0 radical (unpaired) electrons. The molecule has 1 aromatic heterocycles. The predicted octanol–water partition coefficient (Wildman–Crippen LogP) is 8.50. The fraction of sp³-hybridized carbons (Fsp3) is 0.432. The summed E-state index contributed by atoms with van der Waals surface area (Å²) in [5.41, 5.74) is 4.45. The van der Waals surface area contributed by atoms with Gasteiger partial charge in [0.05, 0.1) is 13.0 Å². The molecule has 9 nitrogen and oxygen atoms in total. The van der Waals surface area contributed by atoms with E-state index in [2.05, 4.69) is 55.2 Å². The zero-order valence-corrected chi connectivity index (χ0v) is 32.6. The lowest BCUT2D eigenvalue weighted by molar-refractivity contribution is -0.154. The number of nitrogens with zero attached hydrogens (tertiary/aromatic N) is 2. The highest BCUT2D eigenvalue weighted by molar-refractivity contribution is 5.97.